The van der Waals surface area contributed by atoms with Crippen molar-refractivity contribution in [3.05, 3.63) is 29.8 Å². The molecule has 1 fully saturated rings. The van der Waals surface area contributed by atoms with E-state index in [9.17, 15) is 0 Å². The minimum absolute atomic E-state index is 0.420. The van der Waals surface area contributed by atoms with Crippen LogP contribution < -0.4 is 10.1 Å². The molecule has 1 saturated carbocycles. The Labute approximate surface area is 111 Å². The maximum absolute atomic E-state index is 5.51. The second kappa shape index (κ2) is 6.24. The molecule has 0 amide bonds. The summed E-state index contributed by atoms with van der Waals surface area (Å²) in [4.78, 5) is 0. The summed E-state index contributed by atoms with van der Waals surface area (Å²) in [6.07, 6.45) is 5.40. The summed E-state index contributed by atoms with van der Waals surface area (Å²) in [5, 5.41) is 3.50. The van der Waals surface area contributed by atoms with Gasteiger partial charge in [-0.05, 0) is 37.8 Å². The minimum atomic E-state index is 0.420. The van der Waals surface area contributed by atoms with E-state index in [1.54, 1.807) is 7.11 Å². The Morgan fingerprint density at radius 3 is 2.72 bits per heavy atom. The van der Waals surface area contributed by atoms with Crippen molar-refractivity contribution in [3.8, 4) is 5.75 Å². The maximum atomic E-state index is 5.51. The maximum Gasteiger partial charge on any atom is 0.123 e. The van der Waals surface area contributed by atoms with Gasteiger partial charge >= 0.3 is 0 Å². The highest BCUT2D eigenvalue weighted by atomic mass is 16.5. The van der Waals surface area contributed by atoms with Gasteiger partial charge in [-0.3, -0.25) is 0 Å². The average molecular weight is 247 g/mol. The smallest absolute Gasteiger partial charge is 0.123 e. The molecule has 0 aliphatic heterocycles. The average Bonchev–Trinajstić information content (AvgIpc) is 2.40. The molecule has 2 nitrogen and oxygen atoms in total. The van der Waals surface area contributed by atoms with E-state index in [2.05, 4.69) is 37.5 Å². The van der Waals surface area contributed by atoms with Crippen LogP contribution in [0.25, 0.3) is 0 Å². The predicted octanol–water partition coefficient (Wildman–Crippen LogP) is 3.78. The Morgan fingerprint density at radius 2 is 2.06 bits per heavy atom. The third kappa shape index (κ3) is 2.86. The Hall–Kier alpha value is -1.02. The van der Waals surface area contributed by atoms with Crippen LogP contribution in [-0.2, 0) is 0 Å². The van der Waals surface area contributed by atoms with E-state index in [0.717, 1.165) is 17.6 Å². The van der Waals surface area contributed by atoms with Gasteiger partial charge in [0, 0.05) is 11.6 Å². The molecular formula is C16H25NO. The van der Waals surface area contributed by atoms with Gasteiger partial charge in [-0.1, -0.05) is 38.0 Å². The first kappa shape index (κ1) is 13.4. The summed E-state index contributed by atoms with van der Waals surface area (Å²) in [5.41, 5.74) is 1.31. The molecular weight excluding hydrogens is 222 g/mol. The highest BCUT2D eigenvalue weighted by Crippen LogP contribution is 2.39. The Morgan fingerprint density at radius 1 is 1.28 bits per heavy atom. The molecule has 2 heteroatoms. The van der Waals surface area contributed by atoms with Crippen molar-refractivity contribution < 1.29 is 4.74 Å². The number of nitrogens with one attached hydrogen (secondary N) is 1. The zero-order valence-corrected chi connectivity index (χ0v) is 11.8. The van der Waals surface area contributed by atoms with Crippen molar-refractivity contribution >= 4 is 0 Å². The molecule has 0 spiro atoms. The fourth-order valence-corrected chi connectivity index (χ4v) is 3.35. The van der Waals surface area contributed by atoms with Crippen molar-refractivity contribution in [2.45, 2.75) is 38.6 Å². The molecule has 0 bridgehead atoms. The first-order chi connectivity index (χ1) is 8.76. The summed E-state index contributed by atoms with van der Waals surface area (Å²) >= 11 is 0. The zero-order chi connectivity index (χ0) is 13.0. The van der Waals surface area contributed by atoms with Crippen molar-refractivity contribution in [2.75, 3.05) is 14.2 Å². The lowest BCUT2D eigenvalue weighted by Crippen LogP contribution is -2.29. The van der Waals surface area contributed by atoms with E-state index in [0.29, 0.717) is 6.04 Å². The van der Waals surface area contributed by atoms with Crippen LogP contribution in [0.15, 0.2) is 24.3 Å². The lowest BCUT2D eigenvalue weighted by Gasteiger charge is -2.34. The Balaban J connectivity index is 2.21. The lowest BCUT2D eigenvalue weighted by atomic mass is 9.76. The largest absolute Gasteiger partial charge is 0.496 e. The summed E-state index contributed by atoms with van der Waals surface area (Å²) in [6.45, 7) is 2.38. The van der Waals surface area contributed by atoms with Gasteiger partial charge in [0.05, 0.1) is 7.11 Å². The van der Waals surface area contributed by atoms with Crippen LogP contribution in [0.5, 0.6) is 5.75 Å². The molecule has 1 aromatic carbocycles. The second-order valence-corrected chi connectivity index (χ2v) is 5.54. The summed E-state index contributed by atoms with van der Waals surface area (Å²) in [5.74, 6) is 2.60. The van der Waals surface area contributed by atoms with Gasteiger partial charge in [0.1, 0.15) is 5.75 Å². The van der Waals surface area contributed by atoms with Gasteiger partial charge in [0.15, 0.2) is 0 Å². The quantitative estimate of drug-likeness (QED) is 0.874. The van der Waals surface area contributed by atoms with Crippen molar-refractivity contribution in [2.24, 2.45) is 11.8 Å². The van der Waals surface area contributed by atoms with Crippen LogP contribution in [0.4, 0.5) is 0 Å². The monoisotopic (exact) mass is 247 g/mol. The number of hydrogen-bond donors (Lipinski definition) is 1. The molecule has 2 rings (SSSR count). The van der Waals surface area contributed by atoms with Crippen LogP contribution in [0, 0.1) is 11.8 Å². The zero-order valence-electron chi connectivity index (χ0n) is 11.8. The Bertz CT molecular complexity index is 377. The van der Waals surface area contributed by atoms with Gasteiger partial charge in [0.2, 0.25) is 0 Å². The van der Waals surface area contributed by atoms with Gasteiger partial charge in [-0.2, -0.15) is 0 Å². The van der Waals surface area contributed by atoms with E-state index >= 15 is 0 Å². The summed E-state index contributed by atoms with van der Waals surface area (Å²) < 4.78 is 5.51. The molecule has 0 heterocycles. The fourth-order valence-electron chi connectivity index (χ4n) is 3.35. The first-order valence-corrected chi connectivity index (χ1v) is 7.06. The van der Waals surface area contributed by atoms with E-state index in [1.165, 1.54) is 31.2 Å². The van der Waals surface area contributed by atoms with Crippen LogP contribution in [-0.4, -0.2) is 14.2 Å². The highest BCUT2D eigenvalue weighted by molar-refractivity contribution is 5.36. The van der Waals surface area contributed by atoms with Gasteiger partial charge in [-0.25, -0.2) is 0 Å². The highest BCUT2D eigenvalue weighted by Gasteiger charge is 2.28. The lowest BCUT2D eigenvalue weighted by molar-refractivity contribution is 0.227. The molecule has 3 atom stereocenters. The molecule has 1 N–H and O–H groups in total. The minimum Gasteiger partial charge on any atom is -0.496 e. The standard InChI is InChI=1S/C16H25NO/c1-12-7-6-8-13(11-12)16(17-2)14-9-4-5-10-15(14)18-3/h4-5,9-10,12-13,16-17H,6-8,11H2,1-3H3. The molecule has 0 radical (unpaired) electrons. The number of benzene rings is 1. The van der Waals surface area contributed by atoms with Crippen molar-refractivity contribution in [3.63, 3.8) is 0 Å². The van der Waals surface area contributed by atoms with Crippen LogP contribution in [0.2, 0.25) is 0 Å². The number of rotatable bonds is 4. The molecule has 18 heavy (non-hydrogen) atoms. The van der Waals surface area contributed by atoms with Gasteiger partial charge in [-0.15, -0.1) is 0 Å². The van der Waals surface area contributed by atoms with E-state index in [4.69, 9.17) is 4.74 Å². The van der Waals surface area contributed by atoms with E-state index in [1.807, 2.05) is 6.07 Å². The molecule has 100 valence electrons. The normalized spacial score (nSPS) is 25.7. The van der Waals surface area contributed by atoms with Crippen LogP contribution in [0.1, 0.15) is 44.2 Å². The second-order valence-electron chi connectivity index (χ2n) is 5.54. The molecule has 3 unspecified atom stereocenters. The molecule has 0 aromatic heterocycles. The van der Waals surface area contributed by atoms with E-state index < -0.39 is 0 Å². The molecule has 1 aromatic rings. The number of para-hydroxylation sites is 1. The number of methoxy groups -OCH3 is 1. The van der Waals surface area contributed by atoms with E-state index in [-0.39, 0.29) is 0 Å². The number of ether oxygens (including phenoxy) is 1. The molecule has 1 aliphatic carbocycles. The fraction of sp³-hybridized carbons (Fsp3) is 0.625. The third-order valence-electron chi connectivity index (χ3n) is 4.23. The topological polar surface area (TPSA) is 21.3 Å². The number of hydrogen-bond acceptors (Lipinski definition) is 2. The van der Waals surface area contributed by atoms with Crippen LogP contribution in [0.3, 0.4) is 0 Å². The molecule has 0 saturated heterocycles. The first-order valence-electron chi connectivity index (χ1n) is 7.06. The van der Waals surface area contributed by atoms with Crippen molar-refractivity contribution in [1.82, 2.24) is 5.32 Å². The molecule has 1 aliphatic rings. The van der Waals surface area contributed by atoms with Crippen molar-refractivity contribution in [1.29, 1.82) is 0 Å². The van der Waals surface area contributed by atoms with Gasteiger partial charge < -0.3 is 10.1 Å². The SMILES string of the molecule is CNC(c1ccccc1OC)C1CCCC(C)C1. The van der Waals surface area contributed by atoms with Crippen LogP contribution >= 0.6 is 0 Å². The third-order valence-corrected chi connectivity index (χ3v) is 4.23. The summed E-state index contributed by atoms with van der Waals surface area (Å²) in [7, 11) is 3.82. The summed E-state index contributed by atoms with van der Waals surface area (Å²) in [6, 6.07) is 8.82. The van der Waals surface area contributed by atoms with Gasteiger partial charge in [0.25, 0.3) is 0 Å². The predicted molar refractivity (Wildman–Crippen MR) is 75.9 cm³/mol. The Kier molecular flexibility index (Phi) is 4.65.